The molecule has 7 heteroatoms. The Bertz CT molecular complexity index is 894. The molecule has 4 heterocycles. The highest BCUT2D eigenvalue weighted by atomic mass is 16.1. The van der Waals surface area contributed by atoms with E-state index in [0.717, 1.165) is 30.0 Å². The highest BCUT2D eigenvalue weighted by Crippen LogP contribution is 2.18. The van der Waals surface area contributed by atoms with E-state index in [-0.39, 0.29) is 5.56 Å². The van der Waals surface area contributed by atoms with Gasteiger partial charge in [-0.2, -0.15) is 0 Å². The first-order chi connectivity index (χ1) is 11.8. The van der Waals surface area contributed by atoms with Crippen molar-refractivity contribution in [1.82, 2.24) is 29.8 Å². The number of nitrogens with zero attached hydrogens (tertiary/aromatic N) is 5. The van der Waals surface area contributed by atoms with Gasteiger partial charge in [0.25, 0.3) is 5.56 Å². The van der Waals surface area contributed by atoms with Gasteiger partial charge in [-0.1, -0.05) is 6.07 Å². The number of aromatic amines is 1. The highest BCUT2D eigenvalue weighted by molar-refractivity contribution is 5.52. The lowest BCUT2D eigenvalue weighted by Crippen LogP contribution is -2.35. The molecule has 0 aromatic carbocycles. The van der Waals surface area contributed by atoms with Gasteiger partial charge in [-0.15, -0.1) is 0 Å². The molecular formula is C17H16N6O. The van der Waals surface area contributed by atoms with Crippen LogP contribution in [0, 0.1) is 0 Å². The molecule has 0 spiro atoms. The fraction of sp³-hybridized carbons (Fsp3) is 0.235. The monoisotopic (exact) mass is 320 g/mol. The Morgan fingerprint density at radius 1 is 1.21 bits per heavy atom. The third-order valence-electron chi connectivity index (χ3n) is 4.10. The molecule has 3 aromatic heterocycles. The average Bonchev–Trinajstić information content (AvgIpc) is 2.63. The van der Waals surface area contributed by atoms with E-state index < -0.39 is 0 Å². The van der Waals surface area contributed by atoms with Crippen LogP contribution in [0.3, 0.4) is 0 Å². The van der Waals surface area contributed by atoms with Crippen molar-refractivity contribution in [2.75, 3.05) is 6.54 Å². The lowest BCUT2D eigenvalue weighted by Gasteiger charge is -2.27. The van der Waals surface area contributed by atoms with Crippen LogP contribution < -0.4 is 5.56 Å². The summed E-state index contributed by atoms with van der Waals surface area (Å²) in [6.07, 6.45) is 7.23. The zero-order chi connectivity index (χ0) is 16.4. The maximum absolute atomic E-state index is 12.4. The van der Waals surface area contributed by atoms with Crippen LogP contribution in [0.1, 0.15) is 17.0 Å². The van der Waals surface area contributed by atoms with Crippen LogP contribution in [-0.2, 0) is 19.5 Å². The quantitative estimate of drug-likeness (QED) is 0.780. The molecule has 3 aromatic rings. The number of hydrogen-bond donors (Lipinski definition) is 1. The Morgan fingerprint density at radius 2 is 2.08 bits per heavy atom. The summed E-state index contributed by atoms with van der Waals surface area (Å²) in [5.74, 6) is 0.513. The van der Waals surface area contributed by atoms with Crippen molar-refractivity contribution in [3.63, 3.8) is 0 Å². The minimum absolute atomic E-state index is 0.0728. The van der Waals surface area contributed by atoms with Crippen molar-refractivity contribution in [2.24, 2.45) is 0 Å². The van der Waals surface area contributed by atoms with E-state index in [9.17, 15) is 4.79 Å². The van der Waals surface area contributed by atoms with E-state index in [4.69, 9.17) is 0 Å². The lowest BCUT2D eigenvalue weighted by atomic mass is 10.1. The van der Waals surface area contributed by atoms with Gasteiger partial charge in [0.2, 0.25) is 0 Å². The van der Waals surface area contributed by atoms with Gasteiger partial charge < -0.3 is 4.98 Å². The van der Waals surface area contributed by atoms with Gasteiger partial charge in [-0.25, -0.2) is 15.0 Å². The molecule has 7 nitrogen and oxygen atoms in total. The molecule has 1 aliphatic rings. The summed E-state index contributed by atoms with van der Waals surface area (Å²) in [4.78, 5) is 34.4. The van der Waals surface area contributed by atoms with Gasteiger partial charge >= 0.3 is 0 Å². The summed E-state index contributed by atoms with van der Waals surface area (Å²) in [6.45, 7) is 2.21. The maximum Gasteiger partial charge on any atom is 0.254 e. The zero-order valence-corrected chi connectivity index (χ0v) is 13.0. The SMILES string of the molecule is O=c1[nH]c(-c2cncnc2)nc2c1CCN(Cc1ccccn1)C2. The molecule has 0 unspecified atom stereocenters. The van der Waals surface area contributed by atoms with Gasteiger partial charge in [0.1, 0.15) is 12.2 Å². The Hall–Kier alpha value is -2.93. The summed E-state index contributed by atoms with van der Waals surface area (Å²) < 4.78 is 0. The second kappa shape index (κ2) is 6.29. The first-order valence-corrected chi connectivity index (χ1v) is 7.79. The molecule has 1 N–H and O–H groups in total. The molecule has 0 bridgehead atoms. The topological polar surface area (TPSA) is 87.7 Å². The van der Waals surface area contributed by atoms with E-state index >= 15 is 0 Å². The second-order valence-corrected chi connectivity index (χ2v) is 5.75. The summed E-state index contributed by atoms with van der Waals surface area (Å²) in [6, 6.07) is 5.90. The molecule has 1 aliphatic heterocycles. The van der Waals surface area contributed by atoms with Crippen molar-refractivity contribution in [2.45, 2.75) is 19.5 Å². The lowest BCUT2D eigenvalue weighted by molar-refractivity contribution is 0.238. The summed E-state index contributed by atoms with van der Waals surface area (Å²) >= 11 is 0. The number of hydrogen-bond acceptors (Lipinski definition) is 6. The van der Waals surface area contributed by atoms with Crippen LogP contribution in [0.4, 0.5) is 0 Å². The standard InChI is InChI=1S/C17H16N6O/c24-17-14-4-6-23(9-13-3-1-2-5-20-13)10-15(14)21-16(22-17)12-7-18-11-19-8-12/h1-3,5,7-8,11H,4,6,9-10H2,(H,21,22,24). The van der Waals surface area contributed by atoms with E-state index in [1.54, 1.807) is 18.6 Å². The Balaban J connectivity index is 1.62. The highest BCUT2D eigenvalue weighted by Gasteiger charge is 2.21. The Labute approximate surface area is 138 Å². The first-order valence-electron chi connectivity index (χ1n) is 7.79. The molecular weight excluding hydrogens is 304 g/mol. The van der Waals surface area contributed by atoms with Crippen molar-refractivity contribution >= 4 is 0 Å². The van der Waals surface area contributed by atoms with Crippen molar-refractivity contribution in [3.8, 4) is 11.4 Å². The van der Waals surface area contributed by atoms with Crippen molar-refractivity contribution in [3.05, 3.63) is 70.4 Å². The largest absolute Gasteiger partial charge is 0.306 e. The van der Waals surface area contributed by atoms with E-state index in [0.29, 0.717) is 24.4 Å². The molecule has 0 radical (unpaired) electrons. The number of H-pyrrole nitrogens is 1. The second-order valence-electron chi connectivity index (χ2n) is 5.75. The van der Waals surface area contributed by atoms with E-state index in [1.165, 1.54) is 6.33 Å². The fourth-order valence-corrected chi connectivity index (χ4v) is 2.91. The smallest absolute Gasteiger partial charge is 0.254 e. The van der Waals surface area contributed by atoms with Crippen LogP contribution in [-0.4, -0.2) is 36.4 Å². The number of fused-ring (bicyclic) bond motifs is 1. The van der Waals surface area contributed by atoms with Crippen LogP contribution in [0.5, 0.6) is 0 Å². The average molecular weight is 320 g/mol. The van der Waals surface area contributed by atoms with Crippen molar-refractivity contribution < 1.29 is 0 Å². The Morgan fingerprint density at radius 3 is 2.88 bits per heavy atom. The molecule has 0 aliphatic carbocycles. The maximum atomic E-state index is 12.4. The van der Waals surface area contributed by atoms with Gasteiger partial charge in [0.15, 0.2) is 0 Å². The van der Waals surface area contributed by atoms with Gasteiger partial charge in [0, 0.05) is 43.8 Å². The third kappa shape index (κ3) is 2.93. The minimum Gasteiger partial charge on any atom is -0.306 e. The van der Waals surface area contributed by atoms with Crippen molar-refractivity contribution in [1.29, 1.82) is 0 Å². The zero-order valence-electron chi connectivity index (χ0n) is 13.0. The fourth-order valence-electron chi connectivity index (χ4n) is 2.91. The summed E-state index contributed by atoms with van der Waals surface area (Å²) in [7, 11) is 0. The first kappa shape index (κ1) is 14.6. The van der Waals surface area contributed by atoms with Gasteiger partial charge in [0.05, 0.1) is 17.0 Å². The number of pyridine rings is 1. The molecule has 0 saturated heterocycles. The van der Waals surface area contributed by atoms with Crippen LogP contribution >= 0.6 is 0 Å². The number of nitrogens with one attached hydrogen (secondary N) is 1. The third-order valence-corrected chi connectivity index (χ3v) is 4.10. The molecule has 0 fully saturated rings. The molecule has 0 amide bonds. The number of rotatable bonds is 3. The minimum atomic E-state index is -0.0728. The molecule has 4 rings (SSSR count). The normalized spacial score (nSPS) is 14.3. The molecule has 120 valence electrons. The van der Waals surface area contributed by atoms with Crippen LogP contribution in [0.2, 0.25) is 0 Å². The van der Waals surface area contributed by atoms with Crippen LogP contribution in [0.15, 0.2) is 47.9 Å². The summed E-state index contributed by atoms with van der Waals surface area (Å²) in [5, 5.41) is 0. The molecule has 24 heavy (non-hydrogen) atoms. The van der Waals surface area contributed by atoms with E-state index in [2.05, 4.69) is 29.8 Å². The predicted octanol–water partition coefficient (Wildman–Crippen LogP) is 1.18. The van der Waals surface area contributed by atoms with Crippen LogP contribution in [0.25, 0.3) is 11.4 Å². The molecule has 0 atom stereocenters. The summed E-state index contributed by atoms with van der Waals surface area (Å²) in [5.41, 5.74) is 3.24. The predicted molar refractivity (Wildman–Crippen MR) is 87.9 cm³/mol. The molecule has 0 saturated carbocycles. The Kier molecular flexibility index (Phi) is 3.84. The number of aromatic nitrogens is 5. The van der Waals surface area contributed by atoms with Gasteiger partial charge in [-0.3, -0.25) is 14.7 Å². The van der Waals surface area contributed by atoms with E-state index in [1.807, 2.05) is 18.2 Å². The van der Waals surface area contributed by atoms with Gasteiger partial charge in [-0.05, 0) is 18.6 Å².